The van der Waals surface area contributed by atoms with Gasteiger partial charge < -0.3 is 30.6 Å². The molecule has 0 fully saturated rings. The maximum atomic E-state index is 12.8. The normalized spacial score (nSPS) is 14.2. The van der Waals surface area contributed by atoms with Crippen molar-refractivity contribution in [3.63, 3.8) is 0 Å². The second-order valence-corrected chi connectivity index (χ2v) is 11.1. The van der Waals surface area contributed by atoms with Gasteiger partial charge in [-0.1, -0.05) is 36.4 Å². The van der Waals surface area contributed by atoms with E-state index in [0.717, 1.165) is 47.7 Å². The third kappa shape index (κ3) is 5.79. The number of fused-ring (bicyclic) bond motifs is 6. The van der Waals surface area contributed by atoms with E-state index in [2.05, 4.69) is 10.6 Å². The number of hydrogen-bond acceptors (Lipinski definition) is 5. The van der Waals surface area contributed by atoms with Crippen molar-refractivity contribution >= 4 is 51.3 Å². The van der Waals surface area contributed by atoms with E-state index in [0.29, 0.717) is 41.2 Å². The van der Waals surface area contributed by atoms with Crippen molar-refractivity contribution < 1.29 is 29.1 Å². The number of carbonyl (C=O) groups is 5. The molecular weight excluding hydrogens is 574 g/mol. The molecule has 5 aromatic rings. The lowest BCUT2D eigenvalue weighted by atomic mass is 9.98. The Morgan fingerprint density at radius 3 is 1.82 bits per heavy atom. The first-order valence-corrected chi connectivity index (χ1v) is 14.7. The first-order valence-electron chi connectivity index (χ1n) is 14.7. The minimum atomic E-state index is -0.953. The number of carbonyl (C=O) groups excluding carboxylic acids is 4. The highest BCUT2D eigenvalue weighted by atomic mass is 16.4. The van der Waals surface area contributed by atoms with Crippen LogP contribution in [-0.2, 0) is 19.5 Å². The molecule has 3 amide bonds. The Hall–Kier alpha value is -5.71. The fraction of sp³-hybridized carbons (Fsp3) is 0.206. The number of aromatic nitrogens is 2. The molecule has 2 aliphatic rings. The predicted molar refractivity (Wildman–Crippen MR) is 168 cm³/mol. The summed E-state index contributed by atoms with van der Waals surface area (Å²) in [5.41, 5.74) is 10.1. The Balaban J connectivity index is 0.000000172. The predicted octanol–water partition coefficient (Wildman–Crippen LogP) is 3.77. The van der Waals surface area contributed by atoms with Crippen molar-refractivity contribution in [2.45, 2.75) is 32.4 Å². The molecule has 0 atom stereocenters. The molecule has 4 heterocycles. The molecule has 2 aromatic heterocycles. The van der Waals surface area contributed by atoms with E-state index in [4.69, 9.17) is 10.8 Å². The van der Waals surface area contributed by atoms with Crippen LogP contribution in [0.25, 0.3) is 21.8 Å². The second kappa shape index (κ2) is 12.1. The summed E-state index contributed by atoms with van der Waals surface area (Å²) in [7, 11) is 0. The number of carboxylic acids is 1. The van der Waals surface area contributed by atoms with Crippen molar-refractivity contribution in [3.8, 4) is 0 Å². The van der Waals surface area contributed by atoms with Crippen molar-refractivity contribution in [2.75, 3.05) is 13.1 Å². The summed E-state index contributed by atoms with van der Waals surface area (Å²) in [6.45, 7) is 2.74. The highest BCUT2D eigenvalue weighted by molar-refractivity contribution is 6.05. The zero-order valence-electron chi connectivity index (χ0n) is 24.3. The van der Waals surface area contributed by atoms with E-state index in [1.807, 2.05) is 33.4 Å². The standard InChI is InChI=1S/C21H19N3O3.C13H12N2O3/c22-20(26)16-5-2-1-4-13(16)12-19(25)15-7-6-14-10-18-21(27)23-8-3-9-24(18)17(14)11-15;16-12-11-6-8-2-3-9(13(17)18)7-10(8)15(11)5-1-4-14-12/h1-2,4-7,10-11H,3,8-9,12H2,(H2,22,26)(H,23,27);2-3,6-7H,1,4-5H2,(H,14,16)(H,17,18). The molecular formula is C34H31N5O6. The van der Waals surface area contributed by atoms with Crippen LogP contribution in [0, 0.1) is 0 Å². The summed E-state index contributed by atoms with van der Waals surface area (Å²) < 4.78 is 3.86. The van der Waals surface area contributed by atoms with Gasteiger partial charge in [-0.25, -0.2) is 4.79 Å². The van der Waals surface area contributed by atoms with Crippen LogP contribution in [0.2, 0.25) is 0 Å². The van der Waals surface area contributed by atoms with Gasteiger partial charge in [0.1, 0.15) is 11.4 Å². The molecule has 0 bridgehead atoms. The first-order chi connectivity index (χ1) is 21.7. The number of aryl methyl sites for hydroxylation is 2. The van der Waals surface area contributed by atoms with Gasteiger partial charge in [0.2, 0.25) is 5.91 Å². The Morgan fingerprint density at radius 2 is 1.27 bits per heavy atom. The Morgan fingerprint density at radius 1 is 0.733 bits per heavy atom. The number of aromatic carboxylic acids is 1. The van der Waals surface area contributed by atoms with Crippen LogP contribution < -0.4 is 16.4 Å². The molecule has 3 aromatic carbocycles. The number of benzene rings is 3. The maximum absolute atomic E-state index is 12.8. The number of ketones is 1. The summed E-state index contributed by atoms with van der Waals surface area (Å²) in [4.78, 5) is 59.4. The molecule has 0 radical (unpaired) electrons. The number of nitrogens with zero attached hydrogens (tertiary/aromatic N) is 2. The molecule has 0 saturated carbocycles. The number of primary amides is 1. The highest BCUT2D eigenvalue weighted by Gasteiger charge is 2.21. The van der Waals surface area contributed by atoms with Crippen molar-refractivity contribution in [1.82, 2.24) is 19.8 Å². The minimum absolute atomic E-state index is 0.0908. The largest absolute Gasteiger partial charge is 0.478 e. The van der Waals surface area contributed by atoms with Crippen LogP contribution in [0.5, 0.6) is 0 Å². The minimum Gasteiger partial charge on any atom is -0.478 e. The van der Waals surface area contributed by atoms with E-state index in [9.17, 15) is 24.0 Å². The summed E-state index contributed by atoms with van der Waals surface area (Å²) in [6.07, 6.45) is 1.78. The van der Waals surface area contributed by atoms with E-state index < -0.39 is 11.9 Å². The lowest BCUT2D eigenvalue weighted by Crippen LogP contribution is -2.22. The molecule has 0 unspecified atom stereocenters. The molecule has 0 spiro atoms. The van der Waals surface area contributed by atoms with Crippen LogP contribution in [0.15, 0.2) is 72.8 Å². The molecule has 228 valence electrons. The zero-order chi connectivity index (χ0) is 31.7. The summed E-state index contributed by atoms with van der Waals surface area (Å²) in [5.74, 6) is -1.78. The number of rotatable bonds is 5. The fourth-order valence-corrected chi connectivity index (χ4v) is 5.92. The van der Waals surface area contributed by atoms with Gasteiger partial charge in [-0.15, -0.1) is 0 Å². The van der Waals surface area contributed by atoms with E-state index in [1.165, 1.54) is 0 Å². The van der Waals surface area contributed by atoms with Gasteiger partial charge >= 0.3 is 5.97 Å². The molecule has 11 nitrogen and oxygen atoms in total. The van der Waals surface area contributed by atoms with Gasteiger partial charge in [-0.3, -0.25) is 19.2 Å². The molecule has 7 rings (SSSR count). The molecule has 11 heteroatoms. The third-order valence-corrected chi connectivity index (χ3v) is 8.16. The average molecular weight is 606 g/mol. The number of carboxylic acid groups (broad SMARTS) is 1. The second-order valence-electron chi connectivity index (χ2n) is 11.1. The monoisotopic (exact) mass is 605 g/mol. The summed E-state index contributed by atoms with van der Waals surface area (Å²) in [6, 6.07) is 20.9. The van der Waals surface area contributed by atoms with Crippen LogP contribution in [0.3, 0.4) is 0 Å². The van der Waals surface area contributed by atoms with Crippen molar-refractivity contribution in [2.24, 2.45) is 5.73 Å². The first kappa shape index (κ1) is 29.4. The Bertz CT molecular complexity index is 2020. The van der Waals surface area contributed by atoms with Crippen molar-refractivity contribution in [1.29, 1.82) is 0 Å². The van der Waals surface area contributed by atoms with Crippen LogP contribution in [0.1, 0.15) is 70.5 Å². The zero-order valence-corrected chi connectivity index (χ0v) is 24.3. The highest BCUT2D eigenvalue weighted by Crippen LogP contribution is 2.25. The van der Waals surface area contributed by atoms with E-state index >= 15 is 0 Å². The quantitative estimate of drug-likeness (QED) is 0.223. The van der Waals surface area contributed by atoms with Crippen LogP contribution in [-0.4, -0.2) is 56.8 Å². The number of hydrogen-bond donors (Lipinski definition) is 4. The smallest absolute Gasteiger partial charge is 0.335 e. The number of nitrogens with one attached hydrogen (secondary N) is 2. The lowest BCUT2D eigenvalue weighted by molar-refractivity contribution is 0.0696. The van der Waals surface area contributed by atoms with E-state index in [1.54, 1.807) is 48.5 Å². The number of nitrogens with two attached hydrogens (primary N) is 1. The maximum Gasteiger partial charge on any atom is 0.335 e. The third-order valence-electron chi connectivity index (χ3n) is 8.16. The van der Waals surface area contributed by atoms with Crippen LogP contribution >= 0.6 is 0 Å². The number of amides is 3. The van der Waals surface area contributed by atoms with Gasteiger partial charge in [-0.2, -0.15) is 0 Å². The van der Waals surface area contributed by atoms with Gasteiger partial charge in [0.15, 0.2) is 5.78 Å². The molecule has 5 N–H and O–H groups in total. The summed E-state index contributed by atoms with van der Waals surface area (Å²) in [5, 5.41) is 16.5. The van der Waals surface area contributed by atoms with Crippen molar-refractivity contribution in [3.05, 3.63) is 106 Å². The average Bonchev–Trinajstić information content (AvgIpc) is 3.46. The fourth-order valence-electron chi connectivity index (χ4n) is 5.92. The summed E-state index contributed by atoms with van der Waals surface area (Å²) >= 11 is 0. The van der Waals surface area contributed by atoms with E-state index in [-0.39, 0.29) is 29.6 Å². The van der Waals surface area contributed by atoms with Gasteiger partial charge in [0, 0.05) is 65.5 Å². The topological polar surface area (TPSA) is 166 Å². The van der Waals surface area contributed by atoms with Gasteiger partial charge in [-0.05, 0) is 54.8 Å². The molecule has 0 saturated heterocycles. The number of Topliss-reactive ketones (excluding diaryl/α,β-unsaturated/α-hetero) is 1. The lowest BCUT2D eigenvalue weighted by Gasteiger charge is -2.08. The SMILES string of the molecule is NC(=O)c1ccccc1CC(=O)c1ccc2cc3n(c2c1)CCCNC3=O.O=C(O)c1ccc2cc3n(c2c1)CCCNC3=O. The van der Waals surface area contributed by atoms with Crippen LogP contribution in [0.4, 0.5) is 0 Å². The molecule has 2 aliphatic heterocycles. The van der Waals surface area contributed by atoms with Gasteiger partial charge in [0.25, 0.3) is 11.8 Å². The Labute approximate surface area is 257 Å². The Kier molecular flexibility index (Phi) is 7.91. The molecule has 0 aliphatic carbocycles. The molecule has 45 heavy (non-hydrogen) atoms. The van der Waals surface area contributed by atoms with Gasteiger partial charge in [0.05, 0.1) is 5.56 Å².